The Labute approximate surface area is 193 Å². The first-order valence-electron chi connectivity index (χ1n) is 10.5. The van der Waals surface area contributed by atoms with Crippen molar-refractivity contribution >= 4 is 40.4 Å². The normalized spacial score (nSPS) is 13.9. The molecular weight excluding hydrogens is 420 g/mol. The number of carbonyl (C=O) groups is 2. The summed E-state index contributed by atoms with van der Waals surface area (Å²) in [5, 5.41) is 3.78. The van der Waals surface area contributed by atoms with Crippen molar-refractivity contribution in [3.05, 3.63) is 98.7 Å². The maximum absolute atomic E-state index is 13.7. The van der Waals surface area contributed by atoms with Gasteiger partial charge in [-0.1, -0.05) is 47.5 Å². The fourth-order valence-electron chi connectivity index (χ4n) is 3.95. The highest BCUT2D eigenvalue weighted by Crippen LogP contribution is 2.36. The molecule has 4 nitrogen and oxygen atoms in total. The monoisotopic (exact) mass is 444 g/mol. The largest absolute Gasteiger partial charge is 0.350 e. The van der Waals surface area contributed by atoms with Crippen molar-refractivity contribution in [2.45, 2.75) is 34.6 Å². The lowest BCUT2D eigenvalue weighted by molar-refractivity contribution is -0.120. The summed E-state index contributed by atoms with van der Waals surface area (Å²) in [7, 11) is 0. The molecule has 1 N–H and O–H groups in total. The van der Waals surface area contributed by atoms with Crippen molar-refractivity contribution < 1.29 is 9.59 Å². The molecular formula is C27H25ClN2O2. The molecule has 0 aromatic heterocycles. The van der Waals surface area contributed by atoms with E-state index in [2.05, 4.69) is 5.32 Å². The smallest absolute Gasteiger partial charge is 0.282 e. The first-order chi connectivity index (χ1) is 15.2. The summed E-state index contributed by atoms with van der Waals surface area (Å²) in [5.74, 6) is -0.722. The van der Waals surface area contributed by atoms with Crippen LogP contribution < -0.4 is 10.2 Å². The molecule has 0 atom stereocenters. The molecule has 1 heterocycles. The van der Waals surface area contributed by atoms with E-state index in [-0.39, 0.29) is 17.5 Å². The van der Waals surface area contributed by atoms with Crippen molar-refractivity contribution in [2.75, 3.05) is 10.2 Å². The summed E-state index contributed by atoms with van der Waals surface area (Å²) in [6.07, 6.45) is 0. The summed E-state index contributed by atoms with van der Waals surface area (Å²) in [6, 6.07) is 16.9. The highest BCUT2D eigenvalue weighted by molar-refractivity contribution is 6.46. The van der Waals surface area contributed by atoms with E-state index in [1.165, 1.54) is 4.90 Å². The number of carbonyl (C=O) groups excluding carboxylic acids is 2. The van der Waals surface area contributed by atoms with Gasteiger partial charge in [-0.25, -0.2) is 4.90 Å². The van der Waals surface area contributed by atoms with E-state index in [4.69, 9.17) is 11.6 Å². The molecule has 0 radical (unpaired) electrons. The average Bonchev–Trinajstić information content (AvgIpc) is 2.97. The summed E-state index contributed by atoms with van der Waals surface area (Å²) in [5.41, 5.74) is 7.68. The molecule has 0 aliphatic carbocycles. The molecule has 3 aromatic carbocycles. The van der Waals surface area contributed by atoms with Crippen LogP contribution in [0, 0.1) is 34.6 Å². The first kappa shape index (κ1) is 21.8. The van der Waals surface area contributed by atoms with Gasteiger partial charge in [0.05, 0.1) is 11.3 Å². The van der Waals surface area contributed by atoms with Crippen molar-refractivity contribution in [3.63, 3.8) is 0 Å². The Morgan fingerprint density at radius 2 is 1.44 bits per heavy atom. The summed E-state index contributed by atoms with van der Waals surface area (Å²) in [4.78, 5) is 28.6. The van der Waals surface area contributed by atoms with E-state index in [1.807, 2.05) is 77.1 Å². The van der Waals surface area contributed by atoms with E-state index in [0.29, 0.717) is 22.0 Å². The van der Waals surface area contributed by atoms with Crippen LogP contribution in [0.3, 0.4) is 0 Å². The maximum Gasteiger partial charge on any atom is 0.282 e. The highest BCUT2D eigenvalue weighted by Gasteiger charge is 2.41. The highest BCUT2D eigenvalue weighted by atomic mass is 35.5. The molecule has 162 valence electrons. The molecule has 2 amide bonds. The van der Waals surface area contributed by atoms with Gasteiger partial charge in [-0.05, 0) is 86.7 Å². The summed E-state index contributed by atoms with van der Waals surface area (Å²) < 4.78 is 0. The van der Waals surface area contributed by atoms with E-state index in [0.717, 1.165) is 33.4 Å². The Kier molecular flexibility index (Phi) is 5.66. The molecule has 0 bridgehead atoms. The lowest BCUT2D eigenvalue weighted by atomic mass is 9.97. The SMILES string of the molecule is Cc1ccc(C2=C(Nc3cc(Cl)ccc3C)C(=O)N(c3ccc(C)c(C)c3)C2=O)c(C)c1. The molecule has 0 saturated carbocycles. The Morgan fingerprint density at radius 1 is 0.719 bits per heavy atom. The number of halogens is 1. The number of amides is 2. The number of anilines is 2. The van der Waals surface area contributed by atoms with Crippen LogP contribution >= 0.6 is 11.6 Å². The van der Waals surface area contributed by atoms with Crippen LogP contribution in [0.1, 0.15) is 33.4 Å². The predicted octanol–water partition coefficient (Wildman–Crippen LogP) is 6.28. The number of nitrogens with zero attached hydrogens (tertiary/aromatic N) is 1. The zero-order valence-electron chi connectivity index (χ0n) is 18.8. The Morgan fingerprint density at radius 3 is 2.12 bits per heavy atom. The Bertz CT molecular complexity index is 1310. The van der Waals surface area contributed by atoms with Gasteiger partial charge in [0.1, 0.15) is 5.70 Å². The first-order valence-corrected chi connectivity index (χ1v) is 10.9. The molecule has 3 aromatic rings. The zero-order chi connectivity index (χ0) is 23.2. The number of rotatable bonds is 4. The third-order valence-electron chi connectivity index (χ3n) is 5.94. The third kappa shape index (κ3) is 3.82. The van der Waals surface area contributed by atoms with E-state index < -0.39 is 0 Å². The molecule has 32 heavy (non-hydrogen) atoms. The molecule has 1 aliphatic rings. The Hall–Kier alpha value is -3.37. The molecule has 0 spiro atoms. The minimum absolute atomic E-state index is 0.255. The van der Waals surface area contributed by atoms with Gasteiger partial charge >= 0.3 is 0 Å². The molecule has 5 heteroatoms. The fourth-order valence-corrected chi connectivity index (χ4v) is 4.12. The zero-order valence-corrected chi connectivity index (χ0v) is 19.6. The van der Waals surface area contributed by atoms with E-state index >= 15 is 0 Å². The number of benzene rings is 3. The number of nitrogens with one attached hydrogen (secondary N) is 1. The van der Waals surface area contributed by atoms with Gasteiger partial charge in [0.2, 0.25) is 0 Å². The number of imide groups is 1. The molecule has 0 saturated heterocycles. The van der Waals surface area contributed by atoms with Crippen molar-refractivity contribution in [1.29, 1.82) is 0 Å². The molecule has 0 unspecified atom stereocenters. The van der Waals surface area contributed by atoms with Gasteiger partial charge in [0.25, 0.3) is 11.8 Å². The van der Waals surface area contributed by atoms with E-state index in [1.54, 1.807) is 12.1 Å². The van der Waals surface area contributed by atoms with E-state index in [9.17, 15) is 9.59 Å². The maximum atomic E-state index is 13.7. The van der Waals surface area contributed by atoms with Gasteiger partial charge in [-0.2, -0.15) is 0 Å². The molecule has 1 aliphatic heterocycles. The number of hydrogen-bond donors (Lipinski definition) is 1. The van der Waals surface area contributed by atoms with Crippen LogP contribution in [0.25, 0.3) is 5.57 Å². The van der Waals surface area contributed by atoms with Gasteiger partial charge in [-0.3, -0.25) is 9.59 Å². The second-order valence-corrected chi connectivity index (χ2v) is 8.80. The average molecular weight is 445 g/mol. The molecule has 0 fully saturated rings. The number of hydrogen-bond acceptors (Lipinski definition) is 3. The summed E-state index contributed by atoms with van der Waals surface area (Å²) in [6.45, 7) is 9.85. The van der Waals surface area contributed by atoms with Crippen LogP contribution in [0.2, 0.25) is 5.02 Å². The lowest BCUT2D eigenvalue weighted by Crippen LogP contribution is -2.32. The fraction of sp³-hybridized carbons (Fsp3) is 0.185. The van der Waals surface area contributed by atoms with Crippen LogP contribution in [0.15, 0.2) is 60.3 Å². The Balaban J connectivity index is 1.89. The van der Waals surface area contributed by atoms with Crippen LogP contribution in [0.4, 0.5) is 11.4 Å². The van der Waals surface area contributed by atoms with Crippen molar-refractivity contribution in [1.82, 2.24) is 0 Å². The lowest BCUT2D eigenvalue weighted by Gasteiger charge is -2.17. The predicted molar refractivity (Wildman–Crippen MR) is 131 cm³/mol. The van der Waals surface area contributed by atoms with Crippen LogP contribution in [-0.2, 0) is 9.59 Å². The quantitative estimate of drug-likeness (QED) is 0.482. The second-order valence-electron chi connectivity index (χ2n) is 8.37. The number of aryl methyl sites for hydroxylation is 5. The minimum Gasteiger partial charge on any atom is -0.350 e. The summed E-state index contributed by atoms with van der Waals surface area (Å²) >= 11 is 6.20. The van der Waals surface area contributed by atoms with Gasteiger partial charge < -0.3 is 5.32 Å². The standard InChI is InChI=1S/C27H25ClN2O2/c1-15-6-11-22(19(5)12-15)24-25(29-23-14-20(28)9-7-17(23)3)27(32)30(26(24)31)21-10-8-16(2)18(4)13-21/h6-14,29H,1-5H3. The van der Waals surface area contributed by atoms with Crippen molar-refractivity contribution in [2.24, 2.45) is 0 Å². The van der Waals surface area contributed by atoms with Crippen LogP contribution in [-0.4, -0.2) is 11.8 Å². The van der Waals surface area contributed by atoms with Crippen molar-refractivity contribution in [3.8, 4) is 0 Å². The second kappa shape index (κ2) is 8.29. The van der Waals surface area contributed by atoms with Gasteiger partial charge in [0.15, 0.2) is 0 Å². The topological polar surface area (TPSA) is 49.4 Å². The minimum atomic E-state index is -0.382. The van der Waals surface area contributed by atoms with Gasteiger partial charge in [0, 0.05) is 10.7 Å². The molecule has 4 rings (SSSR count). The third-order valence-corrected chi connectivity index (χ3v) is 6.18. The van der Waals surface area contributed by atoms with Crippen LogP contribution in [0.5, 0.6) is 0 Å². The van der Waals surface area contributed by atoms with Gasteiger partial charge in [-0.15, -0.1) is 0 Å².